The topological polar surface area (TPSA) is 80.9 Å². The van der Waals surface area contributed by atoms with E-state index in [0.717, 1.165) is 68.4 Å². The summed E-state index contributed by atoms with van der Waals surface area (Å²) in [4.78, 5) is 0. The van der Waals surface area contributed by atoms with Crippen LogP contribution in [0.1, 0.15) is 100 Å². The SMILES string of the molecule is CCCC1CC=C(c2ccc(-c3cc(F)c(C(F)(F)F)c(F)c3O)c(F)c2)CC1.CCCC1CC=C(c2ccc(B(O)O)c(F)c2)CC1.Oc1c(Br)cc(F)c(C(F)(F)F)c1F. The summed E-state index contributed by atoms with van der Waals surface area (Å²) < 4.78 is 156. The molecule has 2 atom stereocenters. The predicted octanol–water partition coefficient (Wildman–Crippen LogP) is 13.4. The Balaban J connectivity index is 0.000000221. The first-order valence-corrected chi connectivity index (χ1v) is 20.3. The summed E-state index contributed by atoms with van der Waals surface area (Å²) in [6.07, 6.45) is 4.30. The van der Waals surface area contributed by atoms with E-state index in [1.54, 1.807) is 6.07 Å². The summed E-state index contributed by atoms with van der Waals surface area (Å²) in [6, 6.07) is 9.20. The molecule has 0 radical (unpaired) electrons. The molecule has 62 heavy (non-hydrogen) atoms. The molecular weight excluding hydrogens is 911 g/mol. The lowest BCUT2D eigenvalue weighted by molar-refractivity contribution is -0.143. The van der Waals surface area contributed by atoms with Gasteiger partial charge in [0.15, 0.2) is 23.1 Å². The molecule has 0 fully saturated rings. The van der Waals surface area contributed by atoms with Crippen LogP contribution in [0.3, 0.4) is 0 Å². The summed E-state index contributed by atoms with van der Waals surface area (Å²) in [6.45, 7) is 4.32. The van der Waals surface area contributed by atoms with Gasteiger partial charge in [-0.1, -0.05) is 75.9 Å². The van der Waals surface area contributed by atoms with E-state index in [2.05, 4.69) is 35.9 Å². The van der Waals surface area contributed by atoms with Crippen LogP contribution in [0.5, 0.6) is 11.5 Å². The number of halogens is 13. The van der Waals surface area contributed by atoms with Crippen LogP contribution in [-0.4, -0.2) is 27.4 Å². The molecular formula is C44H42BBrF12O4. The van der Waals surface area contributed by atoms with Crippen molar-refractivity contribution in [2.24, 2.45) is 11.8 Å². The maximum absolute atomic E-state index is 14.7. The highest BCUT2D eigenvalue weighted by molar-refractivity contribution is 9.10. The average molecular weight is 954 g/mol. The number of hydrogen-bond acceptors (Lipinski definition) is 4. The van der Waals surface area contributed by atoms with Gasteiger partial charge in [0.1, 0.15) is 34.4 Å². The number of aromatic hydroxyl groups is 2. The van der Waals surface area contributed by atoms with Crippen molar-refractivity contribution in [3.05, 3.63) is 122 Å². The fourth-order valence-electron chi connectivity index (χ4n) is 7.43. The lowest BCUT2D eigenvalue weighted by Crippen LogP contribution is -2.32. The van der Waals surface area contributed by atoms with Gasteiger partial charge in [-0.2, -0.15) is 26.3 Å². The molecule has 2 aliphatic carbocycles. The van der Waals surface area contributed by atoms with Crippen molar-refractivity contribution >= 4 is 39.7 Å². The van der Waals surface area contributed by atoms with Gasteiger partial charge in [-0.3, -0.25) is 0 Å². The molecule has 18 heteroatoms. The Morgan fingerprint density at radius 1 is 0.597 bits per heavy atom. The highest BCUT2D eigenvalue weighted by Crippen LogP contribution is 2.44. The quantitative estimate of drug-likeness (QED) is 0.105. The molecule has 6 rings (SSSR count). The van der Waals surface area contributed by atoms with Gasteiger partial charge in [-0.25, -0.2) is 26.3 Å². The Kier molecular flexibility index (Phi) is 17.3. The molecule has 4 N–H and O–H groups in total. The molecule has 0 saturated heterocycles. The van der Waals surface area contributed by atoms with Crippen molar-refractivity contribution in [3.8, 4) is 22.6 Å². The first-order valence-electron chi connectivity index (χ1n) is 19.6. The lowest BCUT2D eigenvalue weighted by Gasteiger charge is -2.22. The summed E-state index contributed by atoms with van der Waals surface area (Å²) >= 11 is 2.50. The monoisotopic (exact) mass is 952 g/mol. The minimum atomic E-state index is -5.32. The maximum Gasteiger partial charge on any atom is 0.491 e. The number of phenols is 2. The minimum Gasteiger partial charge on any atom is -0.504 e. The number of hydrogen-bond donors (Lipinski definition) is 4. The summed E-state index contributed by atoms with van der Waals surface area (Å²) in [7, 11) is -1.75. The van der Waals surface area contributed by atoms with Gasteiger partial charge in [-0.05, 0) is 113 Å². The third-order valence-electron chi connectivity index (χ3n) is 10.6. The van der Waals surface area contributed by atoms with Crippen LogP contribution in [0.4, 0.5) is 52.7 Å². The van der Waals surface area contributed by atoms with Crippen LogP contribution >= 0.6 is 15.9 Å². The Labute approximate surface area is 358 Å². The zero-order chi connectivity index (χ0) is 46.3. The zero-order valence-electron chi connectivity index (χ0n) is 33.3. The minimum absolute atomic E-state index is 0.0657. The van der Waals surface area contributed by atoms with Gasteiger partial charge in [0, 0.05) is 16.6 Å². The number of alkyl halides is 6. The van der Waals surface area contributed by atoms with E-state index in [0.29, 0.717) is 23.6 Å². The van der Waals surface area contributed by atoms with Gasteiger partial charge < -0.3 is 20.3 Å². The van der Waals surface area contributed by atoms with Gasteiger partial charge in [0.05, 0.1) is 4.47 Å². The highest BCUT2D eigenvalue weighted by atomic mass is 79.9. The molecule has 0 spiro atoms. The molecule has 4 aromatic carbocycles. The molecule has 2 aliphatic rings. The van der Waals surface area contributed by atoms with Crippen molar-refractivity contribution in [1.82, 2.24) is 0 Å². The number of allylic oxidation sites excluding steroid dienone is 4. The van der Waals surface area contributed by atoms with E-state index in [-0.39, 0.29) is 11.0 Å². The molecule has 0 aliphatic heterocycles. The highest BCUT2D eigenvalue weighted by Gasteiger charge is 2.41. The Morgan fingerprint density at radius 3 is 1.45 bits per heavy atom. The van der Waals surface area contributed by atoms with E-state index >= 15 is 0 Å². The Bertz CT molecular complexity index is 2270. The molecule has 4 aromatic rings. The smallest absolute Gasteiger partial charge is 0.491 e. The van der Waals surface area contributed by atoms with Crippen LogP contribution in [-0.2, 0) is 12.4 Å². The van der Waals surface area contributed by atoms with Crippen molar-refractivity contribution in [2.45, 2.75) is 90.4 Å². The van der Waals surface area contributed by atoms with Crippen molar-refractivity contribution in [1.29, 1.82) is 0 Å². The molecule has 0 aromatic heterocycles. The van der Waals surface area contributed by atoms with Crippen LogP contribution in [0, 0.1) is 46.7 Å². The number of phenolic OH excluding ortho intramolecular Hbond substituents is 2. The van der Waals surface area contributed by atoms with Crippen molar-refractivity contribution in [2.75, 3.05) is 0 Å². The largest absolute Gasteiger partial charge is 0.504 e. The van der Waals surface area contributed by atoms with Gasteiger partial charge >= 0.3 is 19.5 Å². The molecule has 2 unspecified atom stereocenters. The fraction of sp³-hybridized carbons (Fsp3) is 0.364. The first kappa shape index (κ1) is 50.2. The van der Waals surface area contributed by atoms with E-state index in [1.807, 2.05) is 6.08 Å². The van der Waals surface area contributed by atoms with Crippen molar-refractivity contribution < 1.29 is 72.9 Å². The van der Waals surface area contributed by atoms with E-state index in [1.165, 1.54) is 48.7 Å². The van der Waals surface area contributed by atoms with Crippen LogP contribution in [0.15, 0.2) is 65.2 Å². The Morgan fingerprint density at radius 2 is 1.05 bits per heavy atom. The van der Waals surface area contributed by atoms with E-state index < -0.39 is 87.0 Å². The van der Waals surface area contributed by atoms with Gasteiger partial charge in [0.25, 0.3) is 0 Å². The lowest BCUT2D eigenvalue weighted by atomic mass is 9.78. The first-order chi connectivity index (χ1) is 29.0. The van der Waals surface area contributed by atoms with Gasteiger partial charge in [0.2, 0.25) is 0 Å². The maximum atomic E-state index is 14.7. The second kappa shape index (κ2) is 21.3. The van der Waals surface area contributed by atoms with Crippen molar-refractivity contribution in [3.63, 3.8) is 0 Å². The molecule has 0 amide bonds. The third kappa shape index (κ3) is 12.4. The number of benzene rings is 4. The normalized spacial score (nSPS) is 16.7. The number of rotatable bonds is 8. The van der Waals surface area contributed by atoms with E-state index in [4.69, 9.17) is 15.2 Å². The molecule has 0 bridgehead atoms. The third-order valence-corrected chi connectivity index (χ3v) is 11.2. The van der Waals surface area contributed by atoms with Gasteiger partial charge in [-0.15, -0.1) is 0 Å². The molecule has 4 nitrogen and oxygen atoms in total. The zero-order valence-corrected chi connectivity index (χ0v) is 34.9. The second-order valence-electron chi connectivity index (χ2n) is 14.9. The summed E-state index contributed by atoms with van der Waals surface area (Å²) in [5, 5.41) is 36.6. The fourth-order valence-corrected chi connectivity index (χ4v) is 7.80. The van der Waals surface area contributed by atoms with E-state index in [9.17, 15) is 57.8 Å². The average Bonchev–Trinajstić information content (AvgIpc) is 3.18. The van der Waals surface area contributed by atoms with Crippen LogP contribution < -0.4 is 5.46 Å². The molecule has 0 saturated carbocycles. The standard InChI is InChI=1S/C22H20F6O.C15H20BFO2.C7H2BrF5O/c1-2-3-12-4-6-13(7-5-12)14-8-9-15(17(23)10-14)16-11-18(24)19(22(26,27)28)20(25)21(16)29;1-2-3-11-4-6-12(7-5-11)13-8-9-14(16(18)19)15(17)10-13;8-2-1-3(9)4(7(11,12)13)5(10)6(2)14/h6,8-12,29H,2-5,7H2,1H3;6,8-11,18-19H,2-5,7H2,1H3;1,14H. The molecule has 0 heterocycles. The predicted molar refractivity (Wildman–Crippen MR) is 216 cm³/mol. The van der Waals surface area contributed by atoms with Crippen LogP contribution in [0.2, 0.25) is 0 Å². The Hall–Kier alpha value is -4.42. The molecule has 336 valence electrons. The summed E-state index contributed by atoms with van der Waals surface area (Å²) in [5.41, 5.74) is -1.82. The summed E-state index contributed by atoms with van der Waals surface area (Å²) in [5.74, 6) is -10.7. The van der Waals surface area contributed by atoms with Crippen LogP contribution in [0.25, 0.3) is 22.3 Å². The second-order valence-corrected chi connectivity index (χ2v) is 15.8.